The molecule has 1 heterocycles. The molecule has 3 rings (SSSR count). The fourth-order valence-corrected chi connectivity index (χ4v) is 2.79. The lowest BCUT2D eigenvalue weighted by atomic mass is 10.1. The van der Waals surface area contributed by atoms with E-state index in [1.807, 2.05) is 30.3 Å². The van der Waals surface area contributed by atoms with Crippen molar-refractivity contribution in [2.45, 2.75) is 12.5 Å². The molecule has 2 aromatic rings. The number of halogens is 2. The van der Waals surface area contributed by atoms with E-state index in [1.54, 1.807) is 12.1 Å². The van der Waals surface area contributed by atoms with Crippen LogP contribution in [0.25, 0.3) is 0 Å². The Balaban J connectivity index is 1.74. The highest BCUT2D eigenvalue weighted by atomic mass is 79.9. The predicted octanol–water partition coefficient (Wildman–Crippen LogP) is 4.08. The van der Waals surface area contributed by atoms with E-state index in [2.05, 4.69) is 26.6 Å². The second-order valence-corrected chi connectivity index (χ2v) is 5.96. The van der Waals surface area contributed by atoms with Crippen molar-refractivity contribution in [3.8, 4) is 0 Å². The molecule has 0 aliphatic carbocycles. The number of fused-ring (bicyclic) bond motifs is 1. The third-order valence-corrected chi connectivity index (χ3v) is 4.20. The van der Waals surface area contributed by atoms with Crippen LogP contribution in [0, 0.1) is 0 Å². The fraction of sp³-hybridized carbons (Fsp3) is 0.133. The van der Waals surface area contributed by atoms with E-state index in [4.69, 9.17) is 11.6 Å². The standard InChI is InChI=1S/C15H12BrClN2O/c16-11-6-5-10(17)8-13(11)19-15(20)14-7-9-3-1-2-4-12(9)18-14/h1-6,8,14,18H,7H2,(H,19,20)/t14-/m0/s1. The lowest BCUT2D eigenvalue weighted by Gasteiger charge is -2.13. The van der Waals surface area contributed by atoms with Crippen LogP contribution in [0.3, 0.4) is 0 Å². The fourth-order valence-electron chi connectivity index (χ4n) is 2.27. The molecular weight excluding hydrogens is 340 g/mol. The maximum atomic E-state index is 12.3. The zero-order valence-corrected chi connectivity index (χ0v) is 12.8. The zero-order chi connectivity index (χ0) is 14.1. The average molecular weight is 352 g/mol. The second kappa shape index (κ2) is 5.46. The van der Waals surface area contributed by atoms with Gasteiger partial charge in [0, 0.05) is 21.6 Å². The first-order valence-electron chi connectivity index (χ1n) is 6.24. The minimum absolute atomic E-state index is 0.0656. The quantitative estimate of drug-likeness (QED) is 0.856. The topological polar surface area (TPSA) is 41.1 Å². The SMILES string of the molecule is O=C(Nc1cc(Cl)ccc1Br)[C@@H]1Cc2ccccc2N1. The summed E-state index contributed by atoms with van der Waals surface area (Å²) in [5.74, 6) is -0.0656. The molecule has 2 N–H and O–H groups in total. The monoisotopic (exact) mass is 350 g/mol. The van der Waals surface area contributed by atoms with E-state index in [0.29, 0.717) is 17.1 Å². The summed E-state index contributed by atoms with van der Waals surface area (Å²) >= 11 is 9.35. The number of hydrogen-bond donors (Lipinski definition) is 2. The normalized spacial score (nSPS) is 16.4. The van der Waals surface area contributed by atoms with Crippen molar-refractivity contribution in [2.75, 3.05) is 10.6 Å². The molecule has 0 saturated heterocycles. The van der Waals surface area contributed by atoms with Crippen LogP contribution >= 0.6 is 27.5 Å². The van der Waals surface area contributed by atoms with Gasteiger partial charge in [0.2, 0.25) is 5.91 Å². The van der Waals surface area contributed by atoms with Crippen LogP contribution in [0.2, 0.25) is 5.02 Å². The van der Waals surface area contributed by atoms with Crippen LogP contribution in [0.15, 0.2) is 46.9 Å². The van der Waals surface area contributed by atoms with Crippen LogP contribution in [0.5, 0.6) is 0 Å². The van der Waals surface area contributed by atoms with E-state index in [1.165, 1.54) is 0 Å². The first-order valence-corrected chi connectivity index (χ1v) is 7.41. The number of benzene rings is 2. The van der Waals surface area contributed by atoms with Crippen LogP contribution in [0.1, 0.15) is 5.56 Å². The Morgan fingerprint density at radius 3 is 2.90 bits per heavy atom. The Kier molecular flexibility index (Phi) is 3.68. The molecule has 1 atom stereocenters. The maximum Gasteiger partial charge on any atom is 0.247 e. The highest BCUT2D eigenvalue weighted by molar-refractivity contribution is 9.10. The number of rotatable bonds is 2. The Morgan fingerprint density at radius 1 is 1.30 bits per heavy atom. The third kappa shape index (κ3) is 2.67. The molecular formula is C15H12BrClN2O. The Labute approximate surface area is 130 Å². The molecule has 0 fully saturated rings. The summed E-state index contributed by atoms with van der Waals surface area (Å²) in [5, 5.41) is 6.71. The second-order valence-electron chi connectivity index (χ2n) is 4.67. The smallest absolute Gasteiger partial charge is 0.247 e. The van der Waals surface area contributed by atoms with Gasteiger partial charge in [-0.25, -0.2) is 0 Å². The van der Waals surface area contributed by atoms with Crippen LogP contribution < -0.4 is 10.6 Å². The molecule has 0 saturated carbocycles. The van der Waals surface area contributed by atoms with Gasteiger partial charge in [0.15, 0.2) is 0 Å². The van der Waals surface area contributed by atoms with Crippen molar-refractivity contribution in [1.29, 1.82) is 0 Å². The molecule has 0 aromatic heterocycles. The lowest BCUT2D eigenvalue weighted by molar-refractivity contribution is -0.116. The summed E-state index contributed by atoms with van der Waals surface area (Å²) in [6.45, 7) is 0. The molecule has 20 heavy (non-hydrogen) atoms. The molecule has 0 bridgehead atoms. The summed E-state index contributed by atoms with van der Waals surface area (Å²) in [6, 6.07) is 13.0. The van der Waals surface area contributed by atoms with Gasteiger partial charge in [0.25, 0.3) is 0 Å². The minimum atomic E-state index is -0.252. The number of nitrogens with one attached hydrogen (secondary N) is 2. The molecule has 5 heteroatoms. The first-order chi connectivity index (χ1) is 9.63. The molecule has 2 aromatic carbocycles. The van der Waals surface area contributed by atoms with Crippen molar-refractivity contribution in [3.63, 3.8) is 0 Å². The number of carbonyl (C=O) groups excluding carboxylic acids is 1. The van der Waals surface area contributed by atoms with Crippen molar-refractivity contribution >= 4 is 44.8 Å². The van der Waals surface area contributed by atoms with Gasteiger partial charge in [-0.2, -0.15) is 0 Å². The predicted molar refractivity (Wildman–Crippen MR) is 85.3 cm³/mol. The van der Waals surface area contributed by atoms with E-state index in [9.17, 15) is 4.79 Å². The zero-order valence-electron chi connectivity index (χ0n) is 10.5. The minimum Gasteiger partial charge on any atom is -0.373 e. The van der Waals surface area contributed by atoms with Crippen molar-refractivity contribution in [3.05, 3.63) is 57.5 Å². The van der Waals surface area contributed by atoms with E-state index in [0.717, 1.165) is 15.7 Å². The largest absolute Gasteiger partial charge is 0.373 e. The van der Waals surface area contributed by atoms with Gasteiger partial charge in [-0.3, -0.25) is 4.79 Å². The van der Waals surface area contributed by atoms with Gasteiger partial charge in [0.05, 0.1) is 5.69 Å². The third-order valence-electron chi connectivity index (χ3n) is 3.27. The molecule has 1 amide bonds. The number of para-hydroxylation sites is 1. The van der Waals surface area contributed by atoms with Crippen LogP contribution in [0.4, 0.5) is 11.4 Å². The van der Waals surface area contributed by atoms with Gasteiger partial charge in [-0.1, -0.05) is 29.8 Å². The van der Waals surface area contributed by atoms with Crippen molar-refractivity contribution in [1.82, 2.24) is 0 Å². The van der Waals surface area contributed by atoms with Gasteiger partial charge < -0.3 is 10.6 Å². The summed E-state index contributed by atoms with van der Waals surface area (Å²) in [7, 11) is 0. The summed E-state index contributed by atoms with van der Waals surface area (Å²) in [6.07, 6.45) is 0.695. The van der Waals surface area contributed by atoms with Gasteiger partial charge in [-0.15, -0.1) is 0 Å². The molecule has 1 aliphatic heterocycles. The Bertz CT molecular complexity index is 650. The number of hydrogen-bond acceptors (Lipinski definition) is 2. The number of amides is 1. The van der Waals surface area contributed by atoms with E-state index >= 15 is 0 Å². The van der Waals surface area contributed by atoms with E-state index in [-0.39, 0.29) is 11.9 Å². The Morgan fingerprint density at radius 2 is 2.10 bits per heavy atom. The molecule has 102 valence electrons. The summed E-state index contributed by atoms with van der Waals surface area (Å²) in [4.78, 5) is 12.3. The Hall–Kier alpha value is -1.52. The van der Waals surface area contributed by atoms with Crippen molar-refractivity contribution < 1.29 is 4.79 Å². The van der Waals surface area contributed by atoms with Gasteiger partial charge >= 0.3 is 0 Å². The van der Waals surface area contributed by atoms with Gasteiger partial charge in [0.1, 0.15) is 6.04 Å². The number of anilines is 2. The highest BCUT2D eigenvalue weighted by Crippen LogP contribution is 2.28. The molecule has 0 unspecified atom stereocenters. The van der Waals surface area contributed by atoms with Crippen molar-refractivity contribution in [2.24, 2.45) is 0 Å². The molecule has 0 spiro atoms. The number of carbonyl (C=O) groups is 1. The molecule has 1 aliphatic rings. The molecule has 0 radical (unpaired) electrons. The molecule has 3 nitrogen and oxygen atoms in total. The first kappa shape index (κ1) is 13.5. The van der Waals surface area contributed by atoms with E-state index < -0.39 is 0 Å². The maximum absolute atomic E-state index is 12.3. The van der Waals surface area contributed by atoms with Gasteiger partial charge in [-0.05, 0) is 45.8 Å². The highest BCUT2D eigenvalue weighted by Gasteiger charge is 2.26. The average Bonchev–Trinajstić information content (AvgIpc) is 2.87. The summed E-state index contributed by atoms with van der Waals surface area (Å²) < 4.78 is 0.811. The van der Waals surface area contributed by atoms with Crippen LogP contribution in [-0.2, 0) is 11.2 Å². The summed E-state index contributed by atoms with van der Waals surface area (Å²) in [5.41, 5.74) is 2.87. The lowest BCUT2D eigenvalue weighted by Crippen LogP contribution is -2.32. The van der Waals surface area contributed by atoms with Crippen LogP contribution in [-0.4, -0.2) is 11.9 Å².